The lowest BCUT2D eigenvalue weighted by Crippen LogP contribution is -2.39. The van der Waals surface area contributed by atoms with E-state index in [4.69, 9.17) is 11.5 Å². The quantitative estimate of drug-likeness (QED) is 0.555. The van der Waals surface area contributed by atoms with Gasteiger partial charge in [0, 0.05) is 0 Å². The van der Waals surface area contributed by atoms with Gasteiger partial charge in [-0.25, -0.2) is 4.79 Å². The van der Waals surface area contributed by atoms with Crippen molar-refractivity contribution in [3.05, 3.63) is 23.8 Å². The zero-order valence-corrected chi connectivity index (χ0v) is 11.3. The second kappa shape index (κ2) is 6.19. The van der Waals surface area contributed by atoms with Crippen LogP contribution in [0.4, 0.5) is 11.4 Å². The summed E-state index contributed by atoms with van der Waals surface area (Å²) in [5.41, 5.74) is 12.5. The van der Waals surface area contributed by atoms with Crippen molar-refractivity contribution in [1.82, 2.24) is 0 Å². The maximum absolute atomic E-state index is 11.8. The van der Waals surface area contributed by atoms with E-state index in [1.807, 2.05) is 13.8 Å². The molecule has 0 saturated heterocycles. The Bertz CT molecular complexity index is 486. The first-order chi connectivity index (χ1) is 8.86. The zero-order valence-electron chi connectivity index (χ0n) is 11.3. The number of nitrogens with two attached hydrogens (primary N) is 2. The molecule has 0 saturated carbocycles. The summed E-state index contributed by atoms with van der Waals surface area (Å²) in [6.45, 7) is 3.71. The van der Waals surface area contributed by atoms with Crippen LogP contribution in [0.3, 0.4) is 0 Å². The van der Waals surface area contributed by atoms with Crippen LogP contribution in [0.15, 0.2) is 18.2 Å². The fourth-order valence-electron chi connectivity index (χ4n) is 1.44. The summed E-state index contributed by atoms with van der Waals surface area (Å²) in [7, 11) is 1.29. The van der Waals surface area contributed by atoms with Crippen LogP contribution in [0.1, 0.15) is 24.2 Å². The first-order valence-electron chi connectivity index (χ1n) is 5.91. The third-order valence-electron chi connectivity index (χ3n) is 2.75. The Hall–Kier alpha value is -2.08. The Morgan fingerprint density at radius 2 is 1.95 bits per heavy atom. The number of amides is 1. The molecule has 0 aliphatic heterocycles. The molecule has 1 aromatic rings. The number of carbonyl (C=O) groups is 2. The smallest absolute Gasteiger partial charge is 0.337 e. The van der Waals surface area contributed by atoms with Gasteiger partial charge in [-0.15, -0.1) is 0 Å². The average molecular weight is 265 g/mol. The number of ether oxygens (including phenoxy) is 1. The minimum Gasteiger partial charge on any atom is -0.465 e. The van der Waals surface area contributed by atoms with E-state index in [0.29, 0.717) is 11.3 Å². The van der Waals surface area contributed by atoms with Crippen LogP contribution in [-0.2, 0) is 9.53 Å². The monoisotopic (exact) mass is 265 g/mol. The molecule has 1 rings (SSSR count). The minimum atomic E-state index is -0.611. The van der Waals surface area contributed by atoms with Gasteiger partial charge in [-0.05, 0) is 24.1 Å². The van der Waals surface area contributed by atoms with Gasteiger partial charge in [-0.3, -0.25) is 4.79 Å². The fourth-order valence-corrected chi connectivity index (χ4v) is 1.44. The molecule has 1 unspecified atom stereocenters. The molecular weight excluding hydrogens is 246 g/mol. The number of benzene rings is 1. The van der Waals surface area contributed by atoms with E-state index in [9.17, 15) is 9.59 Å². The Labute approximate surface area is 112 Å². The van der Waals surface area contributed by atoms with Gasteiger partial charge < -0.3 is 21.5 Å². The van der Waals surface area contributed by atoms with Gasteiger partial charge in [-0.2, -0.15) is 0 Å². The standard InChI is InChI=1S/C13H19N3O3/c1-7(2)11(15)12(17)16-10-5-4-8(6-9(10)14)13(18)19-3/h4-7,11H,14-15H2,1-3H3,(H,16,17). The summed E-state index contributed by atoms with van der Waals surface area (Å²) in [6.07, 6.45) is 0. The van der Waals surface area contributed by atoms with E-state index < -0.39 is 12.0 Å². The Balaban J connectivity index is 2.86. The molecule has 0 heterocycles. The molecule has 1 atom stereocenters. The highest BCUT2D eigenvalue weighted by molar-refractivity contribution is 5.99. The van der Waals surface area contributed by atoms with E-state index in [2.05, 4.69) is 10.1 Å². The molecule has 6 heteroatoms. The van der Waals surface area contributed by atoms with E-state index >= 15 is 0 Å². The van der Waals surface area contributed by atoms with Gasteiger partial charge in [0.2, 0.25) is 5.91 Å². The number of hydrogen-bond donors (Lipinski definition) is 3. The number of nitrogens with one attached hydrogen (secondary N) is 1. The molecule has 0 radical (unpaired) electrons. The van der Waals surface area contributed by atoms with E-state index in [0.717, 1.165) is 0 Å². The van der Waals surface area contributed by atoms with Crippen LogP contribution in [0.5, 0.6) is 0 Å². The van der Waals surface area contributed by atoms with Crippen LogP contribution in [0, 0.1) is 5.92 Å². The third-order valence-corrected chi connectivity index (χ3v) is 2.75. The first kappa shape index (κ1) is 15.0. The lowest BCUT2D eigenvalue weighted by Gasteiger charge is -2.16. The number of methoxy groups -OCH3 is 1. The average Bonchev–Trinajstić information content (AvgIpc) is 2.38. The molecule has 0 aromatic heterocycles. The van der Waals surface area contributed by atoms with Gasteiger partial charge in [0.1, 0.15) is 0 Å². The predicted molar refractivity (Wildman–Crippen MR) is 73.6 cm³/mol. The Morgan fingerprint density at radius 3 is 2.42 bits per heavy atom. The van der Waals surface area contributed by atoms with Gasteiger partial charge >= 0.3 is 5.97 Å². The highest BCUT2D eigenvalue weighted by Gasteiger charge is 2.18. The molecule has 6 nitrogen and oxygen atoms in total. The summed E-state index contributed by atoms with van der Waals surface area (Å²) >= 11 is 0. The van der Waals surface area contributed by atoms with Gasteiger partial charge in [0.25, 0.3) is 0 Å². The number of anilines is 2. The number of rotatable bonds is 4. The second-order valence-corrected chi connectivity index (χ2v) is 4.55. The SMILES string of the molecule is COC(=O)c1ccc(NC(=O)C(N)C(C)C)c(N)c1. The topological polar surface area (TPSA) is 107 Å². The number of hydrogen-bond acceptors (Lipinski definition) is 5. The summed E-state index contributed by atoms with van der Waals surface area (Å²) in [6, 6.07) is 3.91. The summed E-state index contributed by atoms with van der Waals surface area (Å²) < 4.78 is 4.58. The fraction of sp³-hybridized carbons (Fsp3) is 0.385. The first-order valence-corrected chi connectivity index (χ1v) is 5.91. The minimum absolute atomic E-state index is 0.0237. The highest BCUT2D eigenvalue weighted by Crippen LogP contribution is 2.20. The Kier molecular flexibility index (Phi) is 4.88. The normalized spacial score (nSPS) is 12.1. The third kappa shape index (κ3) is 3.69. The number of esters is 1. The Morgan fingerprint density at radius 1 is 1.32 bits per heavy atom. The molecule has 104 valence electrons. The van der Waals surface area contributed by atoms with Crippen LogP contribution < -0.4 is 16.8 Å². The van der Waals surface area contributed by atoms with E-state index in [-0.39, 0.29) is 17.5 Å². The lowest BCUT2D eigenvalue weighted by atomic mass is 10.0. The van der Waals surface area contributed by atoms with Crippen molar-refractivity contribution < 1.29 is 14.3 Å². The summed E-state index contributed by atoms with van der Waals surface area (Å²) in [5, 5.41) is 2.63. The maximum atomic E-state index is 11.8. The highest BCUT2D eigenvalue weighted by atomic mass is 16.5. The molecular formula is C13H19N3O3. The lowest BCUT2D eigenvalue weighted by molar-refractivity contribution is -0.118. The van der Waals surface area contributed by atoms with Crippen molar-refractivity contribution >= 4 is 23.3 Å². The molecule has 1 amide bonds. The van der Waals surface area contributed by atoms with Gasteiger partial charge in [0.15, 0.2) is 0 Å². The zero-order chi connectivity index (χ0) is 14.6. The molecule has 19 heavy (non-hydrogen) atoms. The largest absolute Gasteiger partial charge is 0.465 e. The summed E-state index contributed by atoms with van der Waals surface area (Å²) in [4.78, 5) is 23.1. The van der Waals surface area contributed by atoms with E-state index in [1.165, 1.54) is 19.2 Å². The van der Waals surface area contributed by atoms with Crippen LogP contribution in [0.25, 0.3) is 0 Å². The molecule has 5 N–H and O–H groups in total. The summed E-state index contributed by atoms with van der Waals surface area (Å²) in [5.74, 6) is -0.772. The predicted octanol–water partition coefficient (Wildman–Crippen LogP) is 0.977. The van der Waals surface area contributed by atoms with Crippen molar-refractivity contribution in [2.75, 3.05) is 18.2 Å². The maximum Gasteiger partial charge on any atom is 0.337 e. The van der Waals surface area contributed by atoms with Crippen molar-refractivity contribution in [1.29, 1.82) is 0 Å². The molecule has 0 aliphatic rings. The molecule has 1 aromatic carbocycles. The van der Waals surface area contributed by atoms with Crippen LogP contribution in [0.2, 0.25) is 0 Å². The van der Waals surface area contributed by atoms with Crippen molar-refractivity contribution in [2.24, 2.45) is 11.7 Å². The van der Waals surface area contributed by atoms with Crippen molar-refractivity contribution in [2.45, 2.75) is 19.9 Å². The second-order valence-electron chi connectivity index (χ2n) is 4.55. The van der Waals surface area contributed by atoms with Gasteiger partial charge in [0.05, 0.1) is 30.1 Å². The molecule has 0 aliphatic carbocycles. The molecule has 0 fully saturated rings. The molecule has 0 spiro atoms. The molecule has 0 bridgehead atoms. The number of nitrogen functional groups attached to an aromatic ring is 1. The van der Waals surface area contributed by atoms with Crippen LogP contribution in [-0.4, -0.2) is 25.0 Å². The van der Waals surface area contributed by atoms with E-state index in [1.54, 1.807) is 6.07 Å². The van der Waals surface area contributed by atoms with Crippen LogP contribution >= 0.6 is 0 Å². The van der Waals surface area contributed by atoms with Crippen molar-refractivity contribution in [3.63, 3.8) is 0 Å². The van der Waals surface area contributed by atoms with Gasteiger partial charge in [-0.1, -0.05) is 13.8 Å². The van der Waals surface area contributed by atoms with Crippen molar-refractivity contribution in [3.8, 4) is 0 Å². The number of carbonyl (C=O) groups excluding carboxylic acids is 2.